The summed E-state index contributed by atoms with van der Waals surface area (Å²) in [6, 6.07) is 20.9. The number of benzene rings is 2. The van der Waals surface area contributed by atoms with Crippen LogP contribution in [-0.2, 0) is 16.4 Å². The summed E-state index contributed by atoms with van der Waals surface area (Å²) in [7, 11) is -3.79. The van der Waals surface area contributed by atoms with E-state index in [2.05, 4.69) is 5.10 Å². The minimum atomic E-state index is -3.79. The molecule has 2 aromatic carbocycles. The molecule has 0 N–H and O–H groups in total. The van der Waals surface area contributed by atoms with Crippen LogP contribution in [0.25, 0.3) is 16.3 Å². The van der Waals surface area contributed by atoms with Crippen LogP contribution in [-0.4, -0.2) is 24.2 Å². The molecule has 0 fully saturated rings. The van der Waals surface area contributed by atoms with Gasteiger partial charge in [0.2, 0.25) is 0 Å². The molecule has 3 heterocycles. The van der Waals surface area contributed by atoms with E-state index in [1.165, 1.54) is 11.3 Å². The quantitative estimate of drug-likeness (QED) is 0.478. The number of fused-ring (bicyclic) bond motifs is 1. The first-order chi connectivity index (χ1) is 14.1. The van der Waals surface area contributed by atoms with Gasteiger partial charge in [0.25, 0.3) is 10.0 Å². The van der Waals surface area contributed by atoms with Gasteiger partial charge in [0, 0.05) is 6.04 Å². The Morgan fingerprint density at radius 3 is 2.52 bits per heavy atom. The van der Waals surface area contributed by atoms with E-state index in [0.29, 0.717) is 12.1 Å². The lowest BCUT2D eigenvalue weighted by molar-refractivity contribution is 0.584. The molecule has 0 spiro atoms. The zero-order valence-corrected chi connectivity index (χ0v) is 17.4. The topological polar surface area (TPSA) is 55.2 Å². The maximum absolute atomic E-state index is 13.8. The zero-order chi connectivity index (χ0) is 20.0. The van der Waals surface area contributed by atoms with Crippen molar-refractivity contribution in [3.63, 3.8) is 0 Å². The first kappa shape index (κ1) is 18.1. The Morgan fingerprint density at radius 2 is 1.76 bits per heavy atom. The van der Waals surface area contributed by atoms with Gasteiger partial charge in [-0.2, -0.15) is 5.10 Å². The van der Waals surface area contributed by atoms with Crippen molar-refractivity contribution >= 4 is 27.0 Å². The normalized spacial score (nSPS) is 16.2. The Kier molecular flexibility index (Phi) is 4.29. The lowest BCUT2D eigenvalue weighted by Crippen LogP contribution is -2.35. The van der Waals surface area contributed by atoms with Crippen molar-refractivity contribution in [1.82, 2.24) is 9.78 Å². The van der Waals surface area contributed by atoms with Gasteiger partial charge < -0.3 is 0 Å². The van der Waals surface area contributed by atoms with E-state index in [-0.39, 0.29) is 10.9 Å². The summed E-state index contributed by atoms with van der Waals surface area (Å²) < 4.78 is 30.9. The molecule has 1 atom stereocenters. The lowest BCUT2D eigenvalue weighted by Gasteiger charge is -2.24. The molecule has 0 radical (unpaired) electrons. The van der Waals surface area contributed by atoms with Gasteiger partial charge in [-0.1, -0.05) is 42.5 Å². The number of aromatic nitrogens is 2. The molecule has 2 aromatic heterocycles. The summed E-state index contributed by atoms with van der Waals surface area (Å²) in [4.78, 5) is 1.06. The Bertz CT molecular complexity index is 1260. The molecule has 0 amide bonds. The maximum Gasteiger partial charge on any atom is 0.268 e. The summed E-state index contributed by atoms with van der Waals surface area (Å²) in [5.41, 5.74) is 3.11. The first-order valence-electron chi connectivity index (χ1n) is 9.37. The van der Waals surface area contributed by atoms with E-state index in [4.69, 9.17) is 0 Å². The van der Waals surface area contributed by atoms with Gasteiger partial charge in [-0.25, -0.2) is 13.1 Å². The summed E-state index contributed by atoms with van der Waals surface area (Å²) in [6.45, 7) is 1.95. The standard InChI is InChI=1S/C22H19N3O2S2/c1-16-14-17-8-5-6-11-19(17)25(16)29(26,27)21-15-24(18-9-3-2-4-10-18)23-22(21)20-12-7-13-28-20/h2-13,15-16H,14H2,1H3. The smallest absolute Gasteiger partial charge is 0.263 e. The van der Waals surface area contributed by atoms with Crippen molar-refractivity contribution in [2.24, 2.45) is 0 Å². The largest absolute Gasteiger partial charge is 0.268 e. The fourth-order valence-corrected chi connectivity index (χ4v) is 6.47. The number of nitrogens with zero attached hydrogens (tertiary/aromatic N) is 3. The fraction of sp³-hybridized carbons (Fsp3) is 0.136. The SMILES string of the molecule is CC1Cc2ccccc2N1S(=O)(=O)c1cn(-c2ccccc2)nc1-c1cccs1. The van der Waals surface area contributed by atoms with Crippen LogP contribution < -0.4 is 4.31 Å². The monoisotopic (exact) mass is 421 g/mol. The molecule has 146 valence electrons. The molecule has 0 bridgehead atoms. The van der Waals surface area contributed by atoms with Crippen LogP contribution in [0.1, 0.15) is 12.5 Å². The summed E-state index contributed by atoms with van der Waals surface area (Å²) in [5, 5.41) is 6.59. The second-order valence-electron chi connectivity index (χ2n) is 7.08. The molecular formula is C22H19N3O2S2. The minimum Gasteiger partial charge on any atom is -0.263 e. The summed E-state index contributed by atoms with van der Waals surface area (Å²) in [5.74, 6) is 0. The van der Waals surface area contributed by atoms with E-state index in [0.717, 1.165) is 21.8 Å². The van der Waals surface area contributed by atoms with Crippen LogP contribution in [0.4, 0.5) is 5.69 Å². The van der Waals surface area contributed by atoms with Crippen LogP contribution in [0.5, 0.6) is 0 Å². The van der Waals surface area contributed by atoms with E-state index in [1.54, 1.807) is 15.2 Å². The van der Waals surface area contributed by atoms with E-state index in [1.807, 2.05) is 79.0 Å². The van der Waals surface area contributed by atoms with Crippen LogP contribution in [0.2, 0.25) is 0 Å². The molecular weight excluding hydrogens is 402 g/mol. The number of hydrogen-bond donors (Lipinski definition) is 0. The second-order valence-corrected chi connectivity index (χ2v) is 9.81. The molecule has 1 aliphatic heterocycles. The Morgan fingerprint density at radius 1 is 1.00 bits per heavy atom. The van der Waals surface area contributed by atoms with Gasteiger partial charge in [-0.3, -0.25) is 4.31 Å². The van der Waals surface area contributed by atoms with E-state index in [9.17, 15) is 8.42 Å². The second kappa shape index (κ2) is 6.86. The molecule has 1 unspecified atom stereocenters. The predicted octanol–water partition coefficient (Wildman–Crippen LogP) is 4.74. The summed E-state index contributed by atoms with van der Waals surface area (Å²) in [6.07, 6.45) is 2.34. The minimum absolute atomic E-state index is 0.145. The third kappa shape index (κ3) is 2.97. The van der Waals surface area contributed by atoms with Gasteiger partial charge >= 0.3 is 0 Å². The third-order valence-corrected chi connectivity index (χ3v) is 7.94. The highest BCUT2D eigenvalue weighted by atomic mass is 32.2. The average Bonchev–Trinajstić information content (AvgIpc) is 3.45. The molecule has 1 aliphatic rings. The predicted molar refractivity (Wildman–Crippen MR) is 116 cm³/mol. The van der Waals surface area contributed by atoms with Crippen LogP contribution >= 0.6 is 11.3 Å². The van der Waals surface area contributed by atoms with E-state index >= 15 is 0 Å². The Balaban J connectivity index is 1.70. The number of rotatable bonds is 4. The highest BCUT2D eigenvalue weighted by molar-refractivity contribution is 7.93. The van der Waals surface area contributed by atoms with Gasteiger partial charge in [-0.15, -0.1) is 11.3 Å². The van der Waals surface area contributed by atoms with Crippen molar-refractivity contribution < 1.29 is 8.42 Å². The molecule has 5 rings (SSSR count). The zero-order valence-electron chi connectivity index (χ0n) is 15.8. The van der Waals surface area contributed by atoms with Crippen LogP contribution in [0.15, 0.2) is 83.2 Å². The molecule has 5 nitrogen and oxygen atoms in total. The van der Waals surface area contributed by atoms with Crippen LogP contribution in [0, 0.1) is 0 Å². The molecule has 7 heteroatoms. The molecule has 0 saturated carbocycles. The highest BCUT2D eigenvalue weighted by Crippen LogP contribution is 2.39. The number of para-hydroxylation sites is 2. The van der Waals surface area contributed by atoms with Crippen LogP contribution in [0.3, 0.4) is 0 Å². The molecule has 4 aromatic rings. The molecule has 0 aliphatic carbocycles. The van der Waals surface area contributed by atoms with Crippen molar-refractivity contribution in [3.8, 4) is 16.3 Å². The number of anilines is 1. The third-order valence-electron chi connectivity index (χ3n) is 5.14. The maximum atomic E-state index is 13.8. The van der Waals surface area contributed by atoms with Crippen molar-refractivity contribution in [3.05, 3.63) is 83.9 Å². The van der Waals surface area contributed by atoms with Gasteiger partial charge in [-0.05, 0) is 48.6 Å². The number of hydrogen-bond acceptors (Lipinski definition) is 4. The van der Waals surface area contributed by atoms with Gasteiger partial charge in [0.1, 0.15) is 10.6 Å². The number of thiophene rings is 1. The van der Waals surface area contributed by atoms with E-state index < -0.39 is 10.0 Å². The van der Waals surface area contributed by atoms with Crippen molar-refractivity contribution in [2.45, 2.75) is 24.3 Å². The van der Waals surface area contributed by atoms with Crippen molar-refractivity contribution in [1.29, 1.82) is 0 Å². The van der Waals surface area contributed by atoms with Gasteiger partial charge in [0.05, 0.1) is 22.4 Å². The highest BCUT2D eigenvalue weighted by Gasteiger charge is 2.38. The molecule has 29 heavy (non-hydrogen) atoms. The fourth-order valence-electron chi connectivity index (χ4n) is 3.85. The Labute approximate surface area is 173 Å². The Hall–Kier alpha value is -2.90. The lowest BCUT2D eigenvalue weighted by atomic mass is 10.1. The van der Waals surface area contributed by atoms with Crippen molar-refractivity contribution in [2.75, 3.05) is 4.31 Å². The molecule has 0 saturated heterocycles. The number of sulfonamides is 1. The van der Waals surface area contributed by atoms with Gasteiger partial charge in [0.15, 0.2) is 0 Å². The summed E-state index contributed by atoms with van der Waals surface area (Å²) >= 11 is 1.48. The first-order valence-corrected chi connectivity index (χ1v) is 11.7. The average molecular weight is 422 g/mol.